The van der Waals surface area contributed by atoms with E-state index in [1.54, 1.807) is 0 Å². The fourth-order valence-corrected chi connectivity index (χ4v) is 3.27. The largest absolute Gasteiger partial charge is 0.489 e. The van der Waals surface area contributed by atoms with E-state index in [0.29, 0.717) is 6.61 Å². The minimum atomic E-state index is 0.586. The van der Waals surface area contributed by atoms with Crippen molar-refractivity contribution in [1.82, 2.24) is 15.3 Å². The van der Waals surface area contributed by atoms with E-state index in [0.717, 1.165) is 42.1 Å². The van der Waals surface area contributed by atoms with Crippen LogP contribution in [0.1, 0.15) is 22.5 Å². The van der Waals surface area contributed by atoms with Crippen molar-refractivity contribution in [1.29, 1.82) is 0 Å². The average molecular weight is 371 g/mol. The van der Waals surface area contributed by atoms with Gasteiger partial charge in [0, 0.05) is 25.1 Å². The molecule has 4 nitrogen and oxygen atoms in total. The highest BCUT2D eigenvalue weighted by Gasteiger charge is 2.06. The molecule has 28 heavy (non-hydrogen) atoms. The van der Waals surface area contributed by atoms with E-state index in [4.69, 9.17) is 4.74 Å². The Hall–Kier alpha value is -3.11. The lowest BCUT2D eigenvalue weighted by molar-refractivity contribution is 0.301. The number of aromatic nitrogens is 2. The molecule has 142 valence electrons. The third-order valence-corrected chi connectivity index (χ3v) is 4.91. The van der Waals surface area contributed by atoms with Crippen LogP contribution in [0.2, 0.25) is 0 Å². The number of ether oxygens (including phenoxy) is 1. The molecule has 2 N–H and O–H groups in total. The van der Waals surface area contributed by atoms with Gasteiger partial charge in [-0.05, 0) is 36.2 Å². The first-order chi connectivity index (χ1) is 13.8. The van der Waals surface area contributed by atoms with Gasteiger partial charge in [-0.25, -0.2) is 4.98 Å². The first-order valence-electron chi connectivity index (χ1n) is 9.69. The molecule has 4 heteroatoms. The number of aryl methyl sites for hydroxylation is 1. The molecule has 0 aliphatic rings. The lowest BCUT2D eigenvalue weighted by Crippen LogP contribution is -2.17. The third kappa shape index (κ3) is 4.41. The van der Waals surface area contributed by atoms with Crippen LogP contribution < -0.4 is 10.1 Å². The van der Waals surface area contributed by atoms with Crippen LogP contribution in [0.4, 0.5) is 0 Å². The summed E-state index contributed by atoms with van der Waals surface area (Å²) in [7, 11) is 0. The highest BCUT2D eigenvalue weighted by molar-refractivity contribution is 5.74. The molecule has 0 saturated heterocycles. The van der Waals surface area contributed by atoms with Crippen LogP contribution in [0.15, 0.2) is 72.8 Å². The number of fused-ring (bicyclic) bond motifs is 1. The van der Waals surface area contributed by atoms with Crippen LogP contribution in [0.25, 0.3) is 11.0 Å². The minimum absolute atomic E-state index is 0.586. The second-order valence-corrected chi connectivity index (χ2v) is 6.95. The Labute approximate surface area is 165 Å². The summed E-state index contributed by atoms with van der Waals surface area (Å²) >= 11 is 0. The number of hydrogen-bond acceptors (Lipinski definition) is 3. The summed E-state index contributed by atoms with van der Waals surface area (Å²) in [4.78, 5) is 8.00. The summed E-state index contributed by atoms with van der Waals surface area (Å²) in [5.41, 5.74) is 5.75. The predicted molar refractivity (Wildman–Crippen MR) is 113 cm³/mol. The van der Waals surface area contributed by atoms with Crippen molar-refractivity contribution in [2.75, 3.05) is 6.54 Å². The van der Waals surface area contributed by atoms with E-state index in [1.165, 1.54) is 16.7 Å². The van der Waals surface area contributed by atoms with Crippen molar-refractivity contribution < 1.29 is 4.74 Å². The minimum Gasteiger partial charge on any atom is -0.489 e. The number of imidazole rings is 1. The highest BCUT2D eigenvalue weighted by atomic mass is 16.5. The molecule has 0 atom stereocenters. The molecule has 0 unspecified atom stereocenters. The van der Waals surface area contributed by atoms with Crippen LogP contribution in [0, 0.1) is 6.92 Å². The molecule has 1 aromatic heterocycles. The quantitative estimate of drug-likeness (QED) is 0.438. The summed E-state index contributed by atoms with van der Waals surface area (Å²) in [6, 6.07) is 24.7. The van der Waals surface area contributed by atoms with Gasteiger partial charge < -0.3 is 15.0 Å². The van der Waals surface area contributed by atoms with Crippen molar-refractivity contribution in [2.45, 2.75) is 26.5 Å². The number of nitrogens with zero attached hydrogens (tertiary/aromatic N) is 1. The molecule has 0 fully saturated rings. The lowest BCUT2D eigenvalue weighted by Gasteiger charge is -2.13. The van der Waals surface area contributed by atoms with Gasteiger partial charge >= 0.3 is 0 Å². The second kappa shape index (κ2) is 8.72. The van der Waals surface area contributed by atoms with E-state index in [9.17, 15) is 0 Å². The van der Waals surface area contributed by atoms with Crippen molar-refractivity contribution in [3.8, 4) is 5.75 Å². The Morgan fingerprint density at radius 2 is 1.64 bits per heavy atom. The Balaban J connectivity index is 1.31. The monoisotopic (exact) mass is 371 g/mol. The van der Waals surface area contributed by atoms with Gasteiger partial charge in [0.2, 0.25) is 0 Å². The molecule has 0 spiro atoms. The van der Waals surface area contributed by atoms with Gasteiger partial charge in [-0.15, -0.1) is 0 Å². The van der Waals surface area contributed by atoms with Gasteiger partial charge in [0.15, 0.2) is 0 Å². The SMILES string of the molecule is Cc1ccccc1COc1ccccc1CNCCc1nc2ccccc2[nH]1. The van der Waals surface area contributed by atoms with Crippen LogP contribution in [0.3, 0.4) is 0 Å². The lowest BCUT2D eigenvalue weighted by atomic mass is 10.1. The Kier molecular flexibility index (Phi) is 5.69. The van der Waals surface area contributed by atoms with E-state index in [2.05, 4.69) is 64.7 Å². The molecular formula is C24H25N3O. The Morgan fingerprint density at radius 3 is 2.50 bits per heavy atom. The summed E-state index contributed by atoms with van der Waals surface area (Å²) < 4.78 is 6.10. The fraction of sp³-hybridized carbons (Fsp3) is 0.208. The number of nitrogens with one attached hydrogen (secondary N) is 2. The molecule has 0 saturated carbocycles. The molecular weight excluding hydrogens is 346 g/mol. The molecule has 0 radical (unpaired) electrons. The Morgan fingerprint density at radius 1 is 0.893 bits per heavy atom. The number of rotatable bonds is 8. The maximum absolute atomic E-state index is 6.10. The maximum Gasteiger partial charge on any atom is 0.124 e. The average Bonchev–Trinajstić information content (AvgIpc) is 3.14. The molecule has 0 bridgehead atoms. The number of benzene rings is 3. The van der Waals surface area contributed by atoms with Gasteiger partial charge in [-0.1, -0.05) is 54.6 Å². The van der Waals surface area contributed by atoms with Gasteiger partial charge in [-0.3, -0.25) is 0 Å². The summed E-state index contributed by atoms with van der Waals surface area (Å²) in [5.74, 6) is 1.94. The van der Waals surface area contributed by atoms with Gasteiger partial charge in [0.1, 0.15) is 18.2 Å². The predicted octanol–water partition coefficient (Wildman–Crippen LogP) is 4.78. The first kappa shape index (κ1) is 18.3. The number of aromatic amines is 1. The number of para-hydroxylation sites is 3. The molecule has 4 aromatic rings. The zero-order chi connectivity index (χ0) is 19.2. The smallest absolute Gasteiger partial charge is 0.124 e. The molecule has 0 aliphatic carbocycles. The van der Waals surface area contributed by atoms with Crippen molar-refractivity contribution in [3.05, 3.63) is 95.3 Å². The zero-order valence-electron chi connectivity index (χ0n) is 16.1. The van der Waals surface area contributed by atoms with Gasteiger partial charge in [0.25, 0.3) is 0 Å². The van der Waals surface area contributed by atoms with E-state index < -0.39 is 0 Å². The standard InChI is InChI=1S/C24H25N3O/c1-18-8-2-3-10-20(18)17-28-23-13-7-4-9-19(23)16-25-15-14-24-26-21-11-5-6-12-22(21)27-24/h2-13,25H,14-17H2,1H3,(H,26,27). The maximum atomic E-state index is 6.10. The van der Waals surface area contributed by atoms with Crippen LogP contribution in [0.5, 0.6) is 5.75 Å². The zero-order valence-corrected chi connectivity index (χ0v) is 16.1. The van der Waals surface area contributed by atoms with Gasteiger partial charge in [0.05, 0.1) is 11.0 Å². The topological polar surface area (TPSA) is 49.9 Å². The number of H-pyrrole nitrogens is 1. The molecule has 0 amide bonds. The van der Waals surface area contributed by atoms with Crippen LogP contribution >= 0.6 is 0 Å². The molecule has 1 heterocycles. The van der Waals surface area contributed by atoms with E-state index in [1.807, 2.05) is 30.3 Å². The highest BCUT2D eigenvalue weighted by Crippen LogP contribution is 2.20. The summed E-state index contributed by atoms with van der Waals surface area (Å²) in [6.07, 6.45) is 0.862. The van der Waals surface area contributed by atoms with E-state index >= 15 is 0 Å². The normalized spacial score (nSPS) is 11.0. The van der Waals surface area contributed by atoms with Crippen molar-refractivity contribution >= 4 is 11.0 Å². The molecule has 0 aliphatic heterocycles. The van der Waals surface area contributed by atoms with Crippen molar-refractivity contribution in [3.63, 3.8) is 0 Å². The summed E-state index contributed by atoms with van der Waals surface area (Å²) in [5, 5.41) is 3.50. The van der Waals surface area contributed by atoms with E-state index in [-0.39, 0.29) is 0 Å². The van der Waals surface area contributed by atoms with Crippen molar-refractivity contribution in [2.24, 2.45) is 0 Å². The van der Waals surface area contributed by atoms with Crippen LogP contribution in [-0.4, -0.2) is 16.5 Å². The third-order valence-electron chi connectivity index (χ3n) is 4.91. The molecule has 4 rings (SSSR count). The molecule has 3 aromatic carbocycles. The fourth-order valence-electron chi connectivity index (χ4n) is 3.27. The summed E-state index contributed by atoms with van der Waals surface area (Å²) in [6.45, 7) is 4.32. The number of hydrogen-bond donors (Lipinski definition) is 2. The van der Waals surface area contributed by atoms with Gasteiger partial charge in [-0.2, -0.15) is 0 Å². The Bertz CT molecular complexity index is 1020. The first-order valence-corrected chi connectivity index (χ1v) is 9.69. The van der Waals surface area contributed by atoms with Crippen LogP contribution in [-0.2, 0) is 19.6 Å². The second-order valence-electron chi connectivity index (χ2n) is 6.95.